The number of rotatable bonds is 7. The number of imidazole rings is 1. The number of benzene rings is 1. The van der Waals surface area contributed by atoms with Gasteiger partial charge in [0.05, 0.1) is 6.04 Å². The maximum Gasteiger partial charge on any atom is 0.328 e. The summed E-state index contributed by atoms with van der Waals surface area (Å²) in [6, 6.07) is 7.07. The van der Waals surface area contributed by atoms with Crippen molar-refractivity contribution in [3.63, 3.8) is 0 Å². The van der Waals surface area contributed by atoms with Gasteiger partial charge in [-0.1, -0.05) is 12.1 Å². The van der Waals surface area contributed by atoms with Gasteiger partial charge in [-0.3, -0.25) is 9.69 Å². The Morgan fingerprint density at radius 2 is 1.92 bits per heavy atom. The quantitative estimate of drug-likeness (QED) is 0.432. The number of alkyl halides is 1. The van der Waals surface area contributed by atoms with Gasteiger partial charge in [0, 0.05) is 39.3 Å². The molecular formula is C26H34FN9O2. The van der Waals surface area contributed by atoms with Crippen molar-refractivity contribution >= 4 is 40.6 Å². The summed E-state index contributed by atoms with van der Waals surface area (Å²) in [7, 11) is 5.35. The van der Waals surface area contributed by atoms with Gasteiger partial charge in [-0.25, -0.2) is 18.7 Å². The van der Waals surface area contributed by atoms with E-state index < -0.39 is 18.2 Å². The van der Waals surface area contributed by atoms with Crippen molar-refractivity contribution < 1.29 is 14.0 Å². The maximum atomic E-state index is 13.7. The van der Waals surface area contributed by atoms with E-state index >= 15 is 0 Å². The highest BCUT2D eigenvalue weighted by atomic mass is 19.1. The summed E-state index contributed by atoms with van der Waals surface area (Å²) in [6.45, 7) is 2.54. The van der Waals surface area contributed by atoms with Crippen molar-refractivity contribution in [2.24, 2.45) is 5.92 Å². The molecule has 1 aliphatic carbocycles. The molecule has 11 nitrogen and oxygen atoms in total. The summed E-state index contributed by atoms with van der Waals surface area (Å²) in [4.78, 5) is 42.5. The molecule has 0 radical (unpaired) electrons. The molecule has 202 valence electrons. The number of fused-ring (bicyclic) bond motifs is 1. The molecule has 1 saturated heterocycles. The number of hydrogen-bond acceptors (Lipinski definition) is 8. The van der Waals surface area contributed by atoms with Crippen LogP contribution in [-0.4, -0.2) is 87.7 Å². The Labute approximate surface area is 220 Å². The van der Waals surface area contributed by atoms with Gasteiger partial charge >= 0.3 is 6.03 Å². The monoisotopic (exact) mass is 523 g/mol. The first-order valence-electron chi connectivity index (χ1n) is 13.0. The average molecular weight is 524 g/mol. The SMILES string of the molecule is CNc1nc(Nc2cccc(CN3CCC(C(=O)N(C)C)CC3)c2)nc2c1ncn2C(=O)N[C@@H]1CC[C@H]1F. The molecule has 5 rings (SSSR count). The summed E-state index contributed by atoms with van der Waals surface area (Å²) < 4.78 is 15.0. The number of amides is 2. The third kappa shape index (κ3) is 5.40. The molecule has 1 aromatic carbocycles. The predicted octanol–water partition coefficient (Wildman–Crippen LogP) is 2.97. The summed E-state index contributed by atoms with van der Waals surface area (Å²) in [5, 5.41) is 8.97. The number of likely N-dealkylation sites (tertiary alicyclic amines) is 1. The molecule has 2 aromatic heterocycles. The fraction of sp³-hybridized carbons (Fsp3) is 0.500. The molecule has 0 bridgehead atoms. The summed E-state index contributed by atoms with van der Waals surface area (Å²) in [5.74, 6) is 1.10. The summed E-state index contributed by atoms with van der Waals surface area (Å²) >= 11 is 0. The Morgan fingerprint density at radius 3 is 2.58 bits per heavy atom. The lowest BCUT2D eigenvalue weighted by atomic mass is 9.91. The number of piperidine rings is 1. The summed E-state index contributed by atoms with van der Waals surface area (Å²) in [5.41, 5.74) is 2.72. The number of carbonyl (C=O) groups excluding carboxylic acids is 2. The Bertz CT molecular complexity index is 1320. The lowest BCUT2D eigenvalue weighted by molar-refractivity contribution is -0.134. The third-order valence-electron chi connectivity index (χ3n) is 7.32. The molecule has 2 aliphatic rings. The minimum atomic E-state index is -1.02. The zero-order valence-corrected chi connectivity index (χ0v) is 21.9. The fourth-order valence-electron chi connectivity index (χ4n) is 4.97. The first-order chi connectivity index (χ1) is 18.3. The van der Waals surface area contributed by atoms with Gasteiger partial charge in [0.2, 0.25) is 11.9 Å². The van der Waals surface area contributed by atoms with Crippen LogP contribution in [0.3, 0.4) is 0 Å². The second-order valence-electron chi connectivity index (χ2n) is 10.2. The van der Waals surface area contributed by atoms with E-state index in [0.717, 1.165) is 43.7 Å². The fourth-order valence-corrected chi connectivity index (χ4v) is 4.97. The number of anilines is 3. The highest BCUT2D eigenvalue weighted by Gasteiger charge is 2.33. The normalized spacial score (nSPS) is 20.1. The third-order valence-corrected chi connectivity index (χ3v) is 7.32. The van der Waals surface area contributed by atoms with Crippen molar-refractivity contribution in [2.75, 3.05) is 44.9 Å². The topological polar surface area (TPSA) is 120 Å². The standard InChI is InChI=1S/C26H34FN9O2/c1-28-22-21-23(36(15-29-21)26(38)31-20-8-7-19(20)27)33-25(32-22)30-18-6-4-5-16(13-18)14-35-11-9-17(10-12-35)24(37)34(2)3/h4-6,13,15,17,19-20H,7-12,14H2,1-3H3,(H,31,38)(H2,28,30,32,33)/t19-,20-/m1/s1. The molecule has 2 fully saturated rings. The van der Waals surface area contributed by atoms with Gasteiger partial charge in [-0.15, -0.1) is 0 Å². The van der Waals surface area contributed by atoms with Crippen LogP contribution < -0.4 is 16.0 Å². The number of hydrogen-bond donors (Lipinski definition) is 3. The smallest absolute Gasteiger partial charge is 0.328 e. The molecule has 38 heavy (non-hydrogen) atoms. The molecular weight excluding hydrogens is 489 g/mol. The van der Waals surface area contributed by atoms with Crippen LogP contribution in [0.1, 0.15) is 31.2 Å². The van der Waals surface area contributed by atoms with Crippen molar-refractivity contribution in [1.29, 1.82) is 0 Å². The van der Waals surface area contributed by atoms with Crippen LogP contribution in [0.4, 0.5) is 26.6 Å². The highest BCUT2D eigenvalue weighted by molar-refractivity contribution is 5.92. The van der Waals surface area contributed by atoms with E-state index in [4.69, 9.17) is 0 Å². The zero-order valence-electron chi connectivity index (χ0n) is 21.9. The Balaban J connectivity index is 1.29. The van der Waals surface area contributed by atoms with Crippen LogP contribution in [0, 0.1) is 5.92 Å². The number of aromatic nitrogens is 4. The highest BCUT2D eigenvalue weighted by Crippen LogP contribution is 2.26. The van der Waals surface area contributed by atoms with Crippen LogP contribution in [0.5, 0.6) is 0 Å². The summed E-state index contributed by atoms with van der Waals surface area (Å²) in [6.07, 6.45) is 3.16. The predicted molar refractivity (Wildman–Crippen MR) is 143 cm³/mol. The number of halogens is 1. The first-order valence-corrected chi connectivity index (χ1v) is 13.0. The minimum Gasteiger partial charge on any atom is -0.371 e. The number of nitrogens with zero attached hydrogens (tertiary/aromatic N) is 6. The van der Waals surface area contributed by atoms with E-state index in [0.29, 0.717) is 35.8 Å². The van der Waals surface area contributed by atoms with Crippen LogP contribution in [-0.2, 0) is 11.3 Å². The maximum absolute atomic E-state index is 13.7. The second-order valence-corrected chi connectivity index (χ2v) is 10.2. The van der Waals surface area contributed by atoms with Gasteiger partial charge in [0.15, 0.2) is 17.0 Å². The lowest BCUT2D eigenvalue weighted by Gasteiger charge is -2.32. The number of nitrogens with one attached hydrogen (secondary N) is 3. The van der Waals surface area contributed by atoms with E-state index in [-0.39, 0.29) is 11.8 Å². The minimum absolute atomic E-state index is 0.102. The van der Waals surface area contributed by atoms with E-state index in [1.165, 1.54) is 10.9 Å². The van der Waals surface area contributed by atoms with Gasteiger partial charge in [-0.2, -0.15) is 9.97 Å². The van der Waals surface area contributed by atoms with E-state index in [2.05, 4.69) is 41.9 Å². The Hall–Kier alpha value is -3.80. The van der Waals surface area contributed by atoms with Crippen molar-refractivity contribution in [1.82, 2.24) is 34.6 Å². The molecule has 3 N–H and O–H groups in total. The molecule has 12 heteroatoms. The Kier molecular flexibility index (Phi) is 7.41. The van der Waals surface area contributed by atoms with Crippen LogP contribution in [0.25, 0.3) is 11.2 Å². The molecule has 0 spiro atoms. The number of carbonyl (C=O) groups is 2. The van der Waals surface area contributed by atoms with Crippen LogP contribution >= 0.6 is 0 Å². The molecule has 1 aliphatic heterocycles. The average Bonchev–Trinajstić information content (AvgIpc) is 3.34. The zero-order chi connectivity index (χ0) is 26.8. The molecule has 0 unspecified atom stereocenters. The molecule has 2 atom stereocenters. The molecule has 3 heterocycles. The second kappa shape index (κ2) is 10.9. The largest absolute Gasteiger partial charge is 0.371 e. The van der Waals surface area contributed by atoms with Gasteiger partial charge in [0.1, 0.15) is 12.5 Å². The van der Waals surface area contributed by atoms with Crippen LogP contribution in [0.2, 0.25) is 0 Å². The Morgan fingerprint density at radius 1 is 1.13 bits per heavy atom. The lowest BCUT2D eigenvalue weighted by Crippen LogP contribution is -2.49. The van der Waals surface area contributed by atoms with Crippen molar-refractivity contribution in [3.8, 4) is 0 Å². The molecule has 2 amide bonds. The van der Waals surface area contributed by atoms with E-state index in [9.17, 15) is 14.0 Å². The van der Waals surface area contributed by atoms with E-state index in [1.54, 1.807) is 11.9 Å². The van der Waals surface area contributed by atoms with Gasteiger partial charge in [0.25, 0.3) is 0 Å². The van der Waals surface area contributed by atoms with Gasteiger partial charge in [-0.05, 0) is 56.5 Å². The molecule has 3 aromatic rings. The van der Waals surface area contributed by atoms with E-state index in [1.807, 2.05) is 32.3 Å². The molecule has 1 saturated carbocycles. The van der Waals surface area contributed by atoms with Crippen molar-refractivity contribution in [3.05, 3.63) is 36.2 Å². The van der Waals surface area contributed by atoms with Gasteiger partial charge < -0.3 is 20.9 Å². The van der Waals surface area contributed by atoms with Crippen molar-refractivity contribution in [2.45, 2.75) is 44.4 Å². The first kappa shape index (κ1) is 25.8. The van der Waals surface area contributed by atoms with Crippen LogP contribution in [0.15, 0.2) is 30.6 Å².